The number of rotatable bonds is 0. The summed E-state index contributed by atoms with van der Waals surface area (Å²) in [5.41, 5.74) is 8.96. The minimum Gasteiger partial charge on any atom is -0.375 e. The average Bonchev–Trinajstić information content (AvgIpc) is 2.41. The topological polar surface area (TPSA) is 12.0 Å². The summed E-state index contributed by atoms with van der Waals surface area (Å²) in [7, 11) is 0. The van der Waals surface area contributed by atoms with Gasteiger partial charge in [0, 0.05) is 11.3 Å². The van der Waals surface area contributed by atoms with E-state index in [1.807, 2.05) is 0 Å². The first-order chi connectivity index (χ1) is 11.6. The minimum atomic E-state index is 0.140. The number of para-hydroxylation sites is 1. The first-order valence-electron chi connectivity index (χ1n) is 9.94. The monoisotopic (exact) mass is 333 g/mol. The third-order valence-electron chi connectivity index (χ3n) is 6.94. The highest BCUT2D eigenvalue weighted by atomic mass is 15.0. The van der Waals surface area contributed by atoms with Gasteiger partial charge in [0.1, 0.15) is 0 Å². The first-order valence-corrected chi connectivity index (χ1v) is 9.94. The normalized spacial score (nSPS) is 36.8. The van der Waals surface area contributed by atoms with Crippen molar-refractivity contribution >= 4 is 11.3 Å². The van der Waals surface area contributed by atoms with Crippen molar-refractivity contribution in [2.24, 2.45) is 16.2 Å². The molecule has 1 heteroatoms. The fourth-order valence-electron chi connectivity index (χ4n) is 7.13. The molecule has 1 heterocycles. The van der Waals surface area contributed by atoms with Gasteiger partial charge in [-0.05, 0) is 71.1 Å². The van der Waals surface area contributed by atoms with Crippen LogP contribution < -0.4 is 5.32 Å². The van der Waals surface area contributed by atoms with Crippen molar-refractivity contribution in [3.8, 4) is 0 Å². The van der Waals surface area contributed by atoms with Crippen LogP contribution in [0.15, 0.2) is 41.5 Å². The number of fused-ring (bicyclic) bond motifs is 3. The Morgan fingerprint density at radius 1 is 0.840 bits per heavy atom. The highest BCUT2D eigenvalue weighted by Gasteiger charge is 2.57. The van der Waals surface area contributed by atoms with Gasteiger partial charge in [0.05, 0.1) is 5.54 Å². The molecule has 1 aromatic carbocycles. The summed E-state index contributed by atoms with van der Waals surface area (Å²) < 4.78 is 0. The Morgan fingerprint density at radius 3 is 2.40 bits per heavy atom. The maximum atomic E-state index is 4.08. The molecule has 4 aliphatic rings. The Morgan fingerprint density at radius 2 is 1.60 bits per heavy atom. The average molecular weight is 334 g/mol. The predicted octanol–water partition coefficient (Wildman–Crippen LogP) is 6.58. The molecule has 2 bridgehead atoms. The zero-order chi connectivity index (χ0) is 17.7. The van der Waals surface area contributed by atoms with E-state index in [0.29, 0.717) is 16.2 Å². The molecule has 2 atom stereocenters. The van der Waals surface area contributed by atoms with Gasteiger partial charge in [0.2, 0.25) is 0 Å². The molecule has 1 N–H and O–H groups in total. The van der Waals surface area contributed by atoms with E-state index in [9.17, 15) is 0 Å². The van der Waals surface area contributed by atoms with E-state index in [2.05, 4.69) is 70.3 Å². The zero-order valence-corrected chi connectivity index (χ0v) is 16.4. The Balaban J connectivity index is 1.83. The van der Waals surface area contributed by atoms with Gasteiger partial charge in [-0.15, -0.1) is 0 Å². The van der Waals surface area contributed by atoms with Gasteiger partial charge in [0.25, 0.3) is 0 Å². The fraction of sp³-hybridized carbons (Fsp3) is 0.583. The number of hydrogen-bond donors (Lipinski definition) is 1. The number of nitrogens with one attached hydrogen (secondary N) is 1. The first kappa shape index (κ1) is 15.7. The summed E-state index contributed by atoms with van der Waals surface area (Å²) in [6, 6.07) is 9.02. The van der Waals surface area contributed by atoms with Gasteiger partial charge < -0.3 is 5.32 Å². The molecule has 1 aromatic rings. The summed E-state index contributed by atoms with van der Waals surface area (Å²) in [4.78, 5) is 0. The van der Waals surface area contributed by atoms with Crippen LogP contribution in [0.5, 0.6) is 0 Å². The van der Waals surface area contributed by atoms with Crippen LogP contribution in [0.4, 0.5) is 5.69 Å². The van der Waals surface area contributed by atoms with Crippen LogP contribution in [0.3, 0.4) is 0 Å². The van der Waals surface area contributed by atoms with Crippen LogP contribution in [0.25, 0.3) is 5.57 Å². The molecule has 1 spiro atoms. The van der Waals surface area contributed by atoms with Gasteiger partial charge in [-0.25, -0.2) is 0 Å². The second-order valence-electron chi connectivity index (χ2n) is 11.1. The Hall–Kier alpha value is -1.50. The van der Waals surface area contributed by atoms with E-state index in [1.165, 1.54) is 43.4 Å². The SMILES string of the molecule is CC1(C)CC2=C[C@]3(C)CC(C)(C)C[C@]4(C3)Nc3ccccc3C(=C24)C1. The molecule has 0 radical (unpaired) electrons. The highest BCUT2D eigenvalue weighted by Crippen LogP contribution is 2.65. The molecule has 25 heavy (non-hydrogen) atoms. The molecular weight excluding hydrogens is 302 g/mol. The van der Waals surface area contributed by atoms with Crippen molar-refractivity contribution in [2.45, 2.75) is 72.3 Å². The number of allylic oxidation sites excluding steroid dienone is 2. The van der Waals surface area contributed by atoms with E-state index in [0.717, 1.165) is 0 Å². The Bertz CT molecular complexity index is 837. The molecule has 0 amide bonds. The predicted molar refractivity (Wildman–Crippen MR) is 107 cm³/mol. The van der Waals surface area contributed by atoms with Crippen LogP contribution in [0.2, 0.25) is 0 Å². The van der Waals surface area contributed by atoms with Crippen LogP contribution in [-0.2, 0) is 0 Å². The molecule has 0 aromatic heterocycles. The lowest BCUT2D eigenvalue weighted by Gasteiger charge is -2.61. The standard InChI is InChI=1S/C24H31N/c1-21(2)10-16-11-23(5)13-22(3,4)14-24(15-23)20(16)18(12-21)17-8-6-7-9-19(17)25-24/h6-9,11,25H,10,12-15H2,1-5H3/t23-,24-/m1/s1. The molecule has 0 saturated heterocycles. The van der Waals surface area contributed by atoms with Crippen LogP contribution in [-0.4, -0.2) is 5.54 Å². The third kappa shape index (κ3) is 2.20. The van der Waals surface area contributed by atoms with Crippen LogP contribution in [0.1, 0.15) is 72.3 Å². The molecular formula is C24H31N. The van der Waals surface area contributed by atoms with Crippen LogP contribution >= 0.6 is 0 Å². The molecule has 3 aliphatic carbocycles. The number of anilines is 1. The largest absolute Gasteiger partial charge is 0.375 e. The lowest BCUT2D eigenvalue weighted by Crippen LogP contribution is -2.57. The Kier molecular flexibility index (Phi) is 2.78. The van der Waals surface area contributed by atoms with Crippen molar-refractivity contribution in [1.82, 2.24) is 0 Å². The lowest BCUT2D eigenvalue weighted by atomic mass is 9.48. The molecule has 0 unspecified atom stereocenters. The Labute approximate surface area is 152 Å². The fourth-order valence-corrected chi connectivity index (χ4v) is 7.13. The maximum absolute atomic E-state index is 4.08. The summed E-state index contributed by atoms with van der Waals surface area (Å²) in [5.74, 6) is 0. The van der Waals surface area contributed by atoms with E-state index in [-0.39, 0.29) is 5.54 Å². The van der Waals surface area contributed by atoms with E-state index in [1.54, 1.807) is 16.7 Å². The molecule has 1 nitrogen and oxygen atoms in total. The molecule has 5 rings (SSSR count). The summed E-state index contributed by atoms with van der Waals surface area (Å²) in [5, 5.41) is 4.08. The summed E-state index contributed by atoms with van der Waals surface area (Å²) in [6.07, 6.45) is 8.92. The van der Waals surface area contributed by atoms with E-state index < -0.39 is 0 Å². The smallest absolute Gasteiger partial charge is 0.0644 e. The minimum absolute atomic E-state index is 0.140. The van der Waals surface area contributed by atoms with Crippen LogP contribution in [0, 0.1) is 16.2 Å². The maximum Gasteiger partial charge on any atom is 0.0644 e. The molecule has 1 fully saturated rings. The van der Waals surface area contributed by atoms with Gasteiger partial charge in [-0.3, -0.25) is 0 Å². The second-order valence-corrected chi connectivity index (χ2v) is 11.1. The van der Waals surface area contributed by atoms with E-state index in [4.69, 9.17) is 0 Å². The van der Waals surface area contributed by atoms with Crippen molar-refractivity contribution < 1.29 is 0 Å². The molecule has 132 valence electrons. The van der Waals surface area contributed by atoms with E-state index >= 15 is 0 Å². The third-order valence-corrected chi connectivity index (χ3v) is 6.94. The second kappa shape index (κ2) is 4.42. The highest BCUT2D eigenvalue weighted by molar-refractivity contribution is 5.88. The molecule has 1 saturated carbocycles. The summed E-state index contributed by atoms with van der Waals surface area (Å²) >= 11 is 0. The van der Waals surface area contributed by atoms with Crippen molar-refractivity contribution in [3.05, 3.63) is 47.1 Å². The summed E-state index contributed by atoms with van der Waals surface area (Å²) in [6.45, 7) is 12.3. The van der Waals surface area contributed by atoms with Gasteiger partial charge in [0.15, 0.2) is 0 Å². The number of hydrogen-bond acceptors (Lipinski definition) is 1. The van der Waals surface area contributed by atoms with Crippen molar-refractivity contribution in [3.63, 3.8) is 0 Å². The van der Waals surface area contributed by atoms with Gasteiger partial charge in [-0.1, -0.05) is 58.9 Å². The van der Waals surface area contributed by atoms with Gasteiger partial charge >= 0.3 is 0 Å². The lowest BCUT2D eigenvalue weighted by molar-refractivity contribution is 0.0837. The van der Waals surface area contributed by atoms with Crippen molar-refractivity contribution in [2.75, 3.05) is 5.32 Å². The zero-order valence-electron chi connectivity index (χ0n) is 16.4. The van der Waals surface area contributed by atoms with Crippen molar-refractivity contribution in [1.29, 1.82) is 0 Å². The molecule has 1 aliphatic heterocycles. The van der Waals surface area contributed by atoms with Gasteiger partial charge in [-0.2, -0.15) is 0 Å². The quantitative estimate of drug-likeness (QED) is 0.565. The number of benzene rings is 1.